The SMILES string of the molecule is C=CCn1c(C)nnc1SCC(=O)NC(=O)NC(C)(C)C. The highest BCUT2D eigenvalue weighted by Crippen LogP contribution is 2.16. The molecule has 0 aliphatic heterocycles. The second kappa shape index (κ2) is 7.26. The molecule has 3 amide bonds. The average Bonchev–Trinajstić information content (AvgIpc) is 2.66. The fraction of sp³-hybridized carbons (Fsp3) is 0.538. The largest absolute Gasteiger partial charge is 0.333 e. The van der Waals surface area contributed by atoms with Crippen LogP contribution in [0.1, 0.15) is 26.6 Å². The molecule has 1 aromatic rings. The van der Waals surface area contributed by atoms with Gasteiger partial charge in [-0.15, -0.1) is 16.8 Å². The summed E-state index contributed by atoms with van der Waals surface area (Å²) in [6, 6.07) is -0.503. The van der Waals surface area contributed by atoms with Crippen molar-refractivity contribution in [1.29, 1.82) is 0 Å². The lowest BCUT2D eigenvalue weighted by Gasteiger charge is -2.20. The highest BCUT2D eigenvalue weighted by atomic mass is 32.2. The molecule has 2 N–H and O–H groups in total. The molecule has 0 aromatic carbocycles. The molecular formula is C13H21N5O2S. The van der Waals surface area contributed by atoms with Crippen LogP contribution < -0.4 is 10.6 Å². The molecule has 7 nitrogen and oxygen atoms in total. The van der Waals surface area contributed by atoms with Crippen molar-refractivity contribution in [3.63, 3.8) is 0 Å². The molecule has 0 fully saturated rings. The van der Waals surface area contributed by atoms with E-state index in [0.717, 1.165) is 5.82 Å². The van der Waals surface area contributed by atoms with E-state index in [2.05, 4.69) is 27.4 Å². The van der Waals surface area contributed by atoms with Crippen molar-refractivity contribution in [3.8, 4) is 0 Å². The van der Waals surface area contributed by atoms with E-state index in [4.69, 9.17) is 0 Å². The quantitative estimate of drug-likeness (QED) is 0.635. The number of thioether (sulfide) groups is 1. The molecule has 1 aromatic heterocycles. The fourth-order valence-electron chi connectivity index (χ4n) is 1.47. The van der Waals surface area contributed by atoms with E-state index in [1.54, 1.807) is 6.08 Å². The van der Waals surface area contributed by atoms with Crippen LogP contribution in [0.25, 0.3) is 0 Å². The van der Waals surface area contributed by atoms with E-state index in [1.165, 1.54) is 11.8 Å². The van der Waals surface area contributed by atoms with E-state index in [9.17, 15) is 9.59 Å². The molecule has 21 heavy (non-hydrogen) atoms. The smallest absolute Gasteiger partial charge is 0.321 e. The molecule has 0 spiro atoms. The highest BCUT2D eigenvalue weighted by Gasteiger charge is 2.16. The van der Waals surface area contributed by atoms with Gasteiger partial charge in [-0.05, 0) is 27.7 Å². The minimum atomic E-state index is -0.503. The topological polar surface area (TPSA) is 88.9 Å². The molecule has 0 unspecified atom stereocenters. The Morgan fingerprint density at radius 3 is 2.62 bits per heavy atom. The first kappa shape index (κ1) is 17.2. The molecule has 0 saturated carbocycles. The summed E-state index contributed by atoms with van der Waals surface area (Å²) < 4.78 is 1.85. The first-order valence-electron chi connectivity index (χ1n) is 6.48. The molecule has 1 rings (SSSR count). The van der Waals surface area contributed by atoms with Gasteiger partial charge in [-0.2, -0.15) is 0 Å². The molecule has 8 heteroatoms. The van der Waals surface area contributed by atoms with E-state index < -0.39 is 11.6 Å². The number of urea groups is 1. The molecule has 1 heterocycles. The number of carbonyl (C=O) groups is 2. The number of aryl methyl sites for hydroxylation is 1. The van der Waals surface area contributed by atoms with Gasteiger partial charge in [-0.25, -0.2) is 4.79 Å². The van der Waals surface area contributed by atoms with Gasteiger partial charge in [0.15, 0.2) is 5.16 Å². The molecule has 0 saturated heterocycles. The summed E-state index contributed by atoms with van der Waals surface area (Å²) in [7, 11) is 0. The predicted octanol–water partition coefficient (Wildman–Crippen LogP) is 1.49. The molecule has 116 valence electrons. The number of rotatable bonds is 5. The highest BCUT2D eigenvalue weighted by molar-refractivity contribution is 7.99. The molecule has 0 atom stereocenters. The van der Waals surface area contributed by atoms with Gasteiger partial charge in [0.05, 0.1) is 5.75 Å². The number of amides is 3. The van der Waals surface area contributed by atoms with Gasteiger partial charge in [-0.3, -0.25) is 10.1 Å². The Bertz CT molecular complexity index is 533. The van der Waals surface area contributed by atoms with Crippen molar-refractivity contribution in [2.45, 2.75) is 44.9 Å². The lowest BCUT2D eigenvalue weighted by Crippen LogP contribution is -2.48. The van der Waals surface area contributed by atoms with Crippen LogP contribution in [0.2, 0.25) is 0 Å². The monoisotopic (exact) mass is 311 g/mol. The number of nitrogens with zero attached hydrogens (tertiary/aromatic N) is 3. The Labute approximate surface area is 128 Å². The summed E-state index contributed by atoms with van der Waals surface area (Å²) in [6.45, 7) is 11.6. The van der Waals surface area contributed by atoms with Crippen molar-refractivity contribution in [2.24, 2.45) is 0 Å². The molecular weight excluding hydrogens is 290 g/mol. The number of imide groups is 1. The van der Waals surface area contributed by atoms with Gasteiger partial charge in [0, 0.05) is 12.1 Å². The summed E-state index contributed by atoms with van der Waals surface area (Å²) in [6.07, 6.45) is 1.73. The van der Waals surface area contributed by atoms with Crippen molar-refractivity contribution in [2.75, 3.05) is 5.75 Å². The fourth-order valence-corrected chi connectivity index (χ4v) is 2.27. The molecule has 0 bridgehead atoms. The van der Waals surface area contributed by atoms with E-state index in [-0.39, 0.29) is 11.7 Å². The summed E-state index contributed by atoms with van der Waals surface area (Å²) in [4.78, 5) is 23.3. The Morgan fingerprint density at radius 1 is 1.38 bits per heavy atom. The van der Waals surface area contributed by atoms with Crippen LogP contribution in [0, 0.1) is 6.92 Å². The van der Waals surface area contributed by atoms with Gasteiger partial charge in [0.1, 0.15) is 5.82 Å². The number of hydrogen-bond donors (Lipinski definition) is 2. The van der Waals surface area contributed by atoms with Gasteiger partial charge in [0.2, 0.25) is 5.91 Å². The van der Waals surface area contributed by atoms with Crippen LogP contribution in [-0.2, 0) is 11.3 Å². The first-order valence-corrected chi connectivity index (χ1v) is 7.47. The summed E-state index contributed by atoms with van der Waals surface area (Å²) in [5, 5.41) is 13.5. The molecule has 0 aliphatic rings. The van der Waals surface area contributed by atoms with Gasteiger partial charge < -0.3 is 9.88 Å². The van der Waals surface area contributed by atoms with Crippen molar-refractivity contribution >= 4 is 23.7 Å². The zero-order valence-corrected chi connectivity index (χ0v) is 13.6. The van der Waals surface area contributed by atoms with Gasteiger partial charge in [0.25, 0.3) is 0 Å². The third-order valence-corrected chi connectivity index (χ3v) is 3.25. The minimum absolute atomic E-state index is 0.0901. The number of hydrogen-bond acceptors (Lipinski definition) is 5. The Kier molecular flexibility index (Phi) is 5.95. The van der Waals surface area contributed by atoms with E-state index in [0.29, 0.717) is 11.7 Å². The lowest BCUT2D eigenvalue weighted by atomic mass is 10.1. The number of nitrogens with one attached hydrogen (secondary N) is 2. The van der Waals surface area contributed by atoms with Crippen molar-refractivity contribution in [3.05, 3.63) is 18.5 Å². The van der Waals surface area contributed by atoms with Crippen molar-refractivity contribution < 1.29 is 9.59 Å². The second-order valence-corrected chi connectivity index (χ2v) is 6.41. The summed E-state index contributed by atoms with van der Waals surface area (Å²) in [5.74, 6) is 0.461. The van der Waals surface area contributed by atoms with E-state index >= 15 is 0 Å². The summed E-state index contributed by atoms with van der Waals surface area (Å²) in [5.41, 5.74) is -0.390. The summed E-state index contributed by atoms with van der Waals surface area (Å²) >= 11 is 1.23. The van der Waals surface area contributed by atoms with Crippen LogP contribution in [0.5, 0.6) is 0 Å². The van der Waals surface area contributed by atoms with Crippen LogP contribution in [0.15, 0.2) is 17.8 Å². The average molecular weight is 311 g/mol. The van der Waals surface area contributed by atoms with Crippen LogP contribution >= 0.6 is 11.8 Å². The van der Waals surface area contributed by atoms with Gasteiger partial charge >= 0.3 is 6.03 Å². The lowest BCUT2D eigenvalue weighted by molar-refractivity contribution is -0.117. The zero-order valence-electron chi connectivity index (χ0n) is 12.8. The Balaban J connectivity index is 2.50. The zero-order chi connectivity index (χ0) is 16.0. The minimum Gasteiger partial charge on any atom is -0.333 e. The third kappa shape index (κ3) is 5.99. The van der Waals surface area contributed by atoms with Crippen LogP contribution in [0.3, 0.4) is 0 Å². The number of allylic oxidation sites excluding steroid dienone is 1. The first-order chi connectivity index (χ1) is 9.73. The number of aromatic nitrogens is 3. The molecule has 0 aliphatic carbocycles. The number of carbonyl (C=O) groups excluding carboxylic acids is 2. The standard InChI is InChI=1S/C13H21N5O2S/c1-6-7-18-9(2)16-17-12(18)21-8-10(19)14-11(20)15-13(3,4)5/h6H,1,7-8H2,2-5H3,(H2,14,15,19,20). The maximum atomic E-state index is 11.7. The van der Waals surface area contributed by atoms with Crippen molar-refractivity contribution in [1.82, 2.24) is 25.4 Å². The molecule has 0 radical (unpaired) electrons. The van der Waals surface area contributed by atoms with Crippen LogP contribution in [-0.4, -0.2) is 38.0 Å². The maximum Gasteiger partial charge on any atom is 0.321 e. The Morgan fingerprint density at radius 2 is 2.05 bits per heavy atom. The predicted molar refractivity (Wildman–Crippen MR) is 82.1 cm³/mol. The second-order valence-electron chi connectivity index (χ2n) is 5.47. The third-order valence-electron chi connectivity index (χ3n) is 2.29. The van der Waals surface area contributed by atoms with Gasteiger partial charge in [-0.1, -0.05) is 17.8 Å². The van der Waals surface area contributed by atoms with E-state index in [1.807, 2.05) is 32.3 Å². The van der Waals surface area contributed by atoms with Crippen LogP contribution in [0.4, 0.5) is 4.79 Å². The Hall–Kier alpha value is -1.83. The normalized spacial score (nSPS) is 11.0. The maximum absolute atomic E-state index is 11.7.